The minimum absolute atomic E-state index is 0.0864. The molecule has 218 valence electrons. The number of nitro benzene ring substituents is 1. The number of pyridine rings is 1. The molecule has 0 bridgehead atoms. The van der Waals surface area contributed by atoms with Crippen LogP contribution in [0.2, 0.25) is 18.1 Å². The molecule has 2 heterocycles. The zero-order valence-corrected chi connectivity index (χ0v) is 25.4. The molecule has 0 spiro atoms. The molecule has 12 heteroatoms. The van der Waals surface area contributed by atoms with E-state index in [2.05, 4.69) is 38.8 Å². The number of nitro groups is 1. The van der Waals surface area contributed by atoms with E-state index in [1.807, 2.05) is 6.07 Å². The van der Waals surface area contributed by atoms with Crippen LogP contribution in [0.4, 0.5) is 15.3 Å². The van der Waals surface area contributed by atoms with E-state index < -0.39 is 49.3 Å². The largest absolute Gasteiger partial charge is 0.514 e. The summed E-state index contributed by atoms with van der Waals surface area (Å²) in [6.45, 7) is 16.0. The minimum Gasteiger partial charge on any atom is -0.444 e. The van der Waals surface area contributed by atoms with Gasteiger partial charge in [0.1, 0.15) is 17.5 Å². The third-order valence-electron chi connectivity index (χ3n) is 7.05. The molecule has 2 aromatic rings. The maximum Gasteiger partial charge on any atom is 0.514 e. The second kappa shape index (κ2) is 11.9. The molecule has 1 aromatic carbocycles. The molecular weight excluding hydrogens is 534 g/mol. The van der Waals surface area contributed by atoms with Crippen molar-refractivity contribution in [3.8, 4) is 5.75 Å². The molecule has 3 rings (SSSR count). The van der Waals surface area contributed by atoms with Crippen LogP contribution < -0.4 is 4.74 Å². The molecule has 1 fully saturated rings. The van der Waals surface area contributed by atoms with Gasteiger partial charge in [0.25, 0.3) is 5.69 Å². The lowest BCUT2D eigenvalue weighted by Crippen LogP contribution is -2.49. The van der Waals surface area contributed by atoms with Crippen LogP contribution in [0.15, 0.2) is 48.8 Å². The molecule has 0 N–H and O–H groups in total. The van der Waals surface area contributed by atoms with Crippen LogP contribution in [0.25, 0.3) is 0 Å². The number of carbonyl (C=O) groups is 2. The van der Waals surface area contributed by atoms with Gasteiger partial charge in [-0.3, -0.25) is 20.0 Å². The number of likely N-dealkylation sites (tertiary alicyclic amines) is 1. The molecule has 1 aliphatic heterocycles. The Morgan fingerprint density at radius 3 is 2.27 bits per heavy atom. The van der Waals surface area contributed by atoms with Crippen LogP contribution in [0.1, 0.15) is 47.1 Å². The van der Waals surface area contributed by atoms with Gasteiger partial charge in [0.15, 0.2) is 14.4 Å². The third-order valence-corrected chi connectivity index (χ3v) is 11.6. The number of hydrogen-bond donors (Lipinski definition) is 0. The SMILES string of the molecule is CC(C)(C)OC(=O)N1C[C@H](O[Si](C)(C)C(C)(C)C)[C@@H](OC(=O)Oc2ccc([N+](=O)[O-])cc2)[C@H]1Cc1cccnc1. The summed E-state index contributed by atoms with van der Waals surface area (Å²) < 4.78 is 23.7. The van der Waals surface area contributed by atoms with E-state index in [9.17, 15) is 19.7 Å². The van der Waals surface area contributed by atoms with Crippen molar-refractivity contribution >= 4 is 26.3 Å². The number of amides is 1. The molecule has 0 aliphatic carbocycles. The molecule has 3 atom stereocenters. The highest BCUT2D eigenvalue weighted by atomic mass is 28.4. The fraction of sp³-hybridized carbons (Fsp3) is 0.536. The molecule has 1 aliphatic rings. The zero-order valence-electron chi connectivity index (χ0n) is 24.4. The summed E-state index contributed by atoms with van der Waals surface area (Å²) in [5.74, 6) is 0.0864. The summed E-state index contributed by atoms with van der Waals surface area (Å²) in [5.41, 5.74) is -0.0327. The van der Waals surface area contributed by atoms with Gasteiger partial charge in [-0.15, -0.1) is 0 Å². The van der Waals surface area contributed by atoms with Gasteiger partial charge in [-0.2, -0.15) is 0 Å². The summed E-state index contributed by atoms with van der Waals surface area (Å²) in [7, 11) is -2.37. The Bertz CT molecular complexity index is 1190. The number of benzene rings is 1. The van der Waals surface area contributed by atoms with Gasteiger partial charge in [0, 0.05) is 24.5 Å². The first-order valence-electron chi connectivity index (χ1n) is 13.2. The molecular formula is C28H39N3O8Si. The Morgan fingerprint density at radius 2 is 1.75 bits per heavy atom. The average molecular weight is 574 g/mol. The van der Waals surface area contributed by atoms with Gasteiger partial charge in [-0.25, -0.2) is 9.59 Å². The van der Waals surface area contributed by atoms with E-state index in [0.29, 0.717) is 6.42 Å². The van der Waals surface area contributed by atoms with E-state index in [0.717, 1.165) is 5.56 Å². The van der Waals surface area contributed by atoms with Crippen molar-refractivity contribution < 1.29 is 33.1 Å². The standard InChI is InChI=1S/C28H39N3O8Si/c1-27(2,3)38-25(32)30-18-23(39-40(7,8)28(4,5)6)24(22(30)16-19-10-9-15-29-17-19)37-26(33)36-21-13-11-20(12-14-21)31(34)35/h9-15,17,22-24H,16,18H2,1-8H3/t22-,23+,24+/m1/s1. The van der Waals surface area contributed by atoms with E-state index in [1.165, 1.54) is 24.3 Å². The Morgan fingerprint density at radius 1 is 1.10 bits per heavy atom. The molecule has 40 heavy (non-hydrogen) atoms. The van der Waals surface area contributed by atoms with Crippen molar-refractivity contribution in [1.82, 2.24) is 9.88 Å². The monoisotopic (exact) mass is 573 g/mol. The normalized spacial score (nSPS) is 19.7. The Balaban J connectivity index is 1.95. The van der Waals surface area contributed by atoms with Crippen LogP contribution in [0.5, 0.6) is 5.75 Å². The molecule has 1 amide bonds. The topological polar surface area (TPSA) is 130 Å². The second-order valence-electron chi connectivity index (χ2n) is 12.4. The van der Waals surface area contributed by atoms with Crippen LogP contribution in [0, 0.1) is 10.1 Å². The second-order valence-corrected chi connectivity index (χ2v) is 17.1. The van der Waals surface area contributed by atoms with Crippen molar-refractivity contribution in [1.29, 1.82) is 0 Å². The lowest BCUT2D eigenvalue weighted by atomic mass is 10.0. The highest BCUT2D eigenvalue weighted by molar-refractivity contribution is 6.74. The zero-order chi connectivity index (χ0) is 29.9. The van der Waals surface area contributed by atoms with Crippen LogP contribution in [0.3, 0.4) is 0 Å². The summed E-state index contributed by atoms with van der Waals surface area (Å²) >= 11 is 0. The lowest BCUT2D eigenvalue weighted by Gasteiger charge is -2.39. The predicted molar refractivity (Wildman–Crippen MR) is 151 cm³/mol. The van der Waals surface area contributed by atoms with Gasteiger partial charge in [0.2, 0.25) is 0 Å². The van der Waals surface area contributed by atoms with Crippen molar-refractivity contribution in [2.75, 3.05) is 6.54 Å². The highest BCUT2D eigenvalue weighted by Crippen LogP contribution is 2.40. The fourth-order valence-corrected chi connectivity index (χ4v) is 5.38. The maximum atomic E-state index is 13.4. The average Bonchev–Trinajstić information content (AvgIpc) is 3.14. The van der Waals surface area contributed by atoms with Crippen molar-refractivity contribution in [2.24, 2.45) is 0 Å². The van der Waals surface area contributed by atoms with Gasteiger partial charge in [0.05, 0.1) is 17.5 Å². The Hall–Kier alpha value is -3.51. The summed E-state index contributed by atoms with van der Waals surface area (Å²) in [4.78, 5) is 42.6. The summed E-state index contributed by atoms with van der Waals surface area (Å²) in [6, 6.07) is 8.15. The number of nitrogens with zero attached hydrogens (tertiary/aromatic N) is 3. The first-order valence-corrected chi connectivity index (χ1v) is 16.1. The van der Waals surface area contributed by atoms with Crippen molar-refractivity contribution in [2.45, 2.75) is 89.9 Å². The lowest BCUT2D eigenvalue weighted by molar-refractivity contribution is -0.384. The smallest absolute Gasteiger partial charge is 0.444 e. The van der Waals surface area contributed by atoms with Crippen LogP contribution in [-0.2, 0) is 20.3 Å². The van der Waals surface area contributed by atoms with E-state index >= 15 is 0 Å². The maximum absolute atomic E-state index is 13.4. The molecule has 1 saturated heterocycles. The fourth-order valence-electron chi connectivity index (χ4n) is 4.06. The molecule has 0 unspecified atom stereocenters. The van der Waals surface area contributed by atoms with Crippen LogP contribution in [-0.4, -0.2) is 65.8 Å². The van der Waals surface area contributed by atoms with Crippen molar-refractivity contribution in [3.05, 3.63) is 64.5 Å². The minimum atomic E-state index is -2.37. The number of ether oxygens (including phenoxy) is 3. The van der Waals surface area contributed by atoms with E-state index in [1.54, 1.807) is 44.1 Å². The molecule has 1 aromatic heterocycles. The number of non-ortho nitro benzene ring substituents is 1. The number of aromatic nitrogens is 1. The Kier molecular flexibility index (Phi) is 9.25. The third kappa shape index (κ3) is 8.01. The summed E-state index contributed by atoms with van der Waals surface area (Å²) in [5, 5.41) is 10.8. The number of carbonyl (C=O) groups excluding carboxylic acids is 2. The Labute approximate surface area is 236 Å². The predicted octanol–water partition coefficient (Wildman–Crippen LogP) is 6.13. The number of hydrogen-bond acceptors (Lipinski definition) is 9. The van der Waals surface area contributed by atoms with E-state index in [-0.39, 0.29) is 23.0 Å². The van der Waals surface area contributed by atoms with Crippen LogP contribution >= 0.6 is 0 Å². The quantitative estimate of drug-likeness (QED) is 0.126. The molecule has 0 radical (unpaired) electrons. The van der Waals surface area contributed by atoms with E-state index in [4.69, 9.17) is 18.6 Å². The molecule has 11 nitrogen and oxygen atoms in total. The van der Waals surface area contributed by atoms with Gasteiger partial charge in [-0.05, 0) is 69.1 Å². The van der Waals surface area contributed by atoms with Gasteiger partial charge < -0.3 is 18.6 Å². The van der Waals surface area contributed by atoms with Gasteiger partial charge >= 0.3 is 12.2 Å². The first kappa shape index (κ1) is 31.0. The van der Waals surface area contributed by atoms with Crippen molar-refractivity contribution in [3.63, 3.8) is 0 Å². The molecule has 0 saturated carbocycles. The summed E-state index contributed by atoms with van der Waals surface area (Å²) in [6.07, 6.45) is 0.612. The first-order chi connectivity index (χ1) is 18.5. The highest BCUT2D eigenvalue weighted by Gasteiger charge is 2.52. The number of rotatable bonds is 7. The van der Waals surface area contributed by atoms with Gasteiger partial charge in [-0.1, -0.05) is 26.8 Å².